The van der Waals surface area contributed by atoms with E-state index >= 15 is 0 Å². The van der Waals surface area contributed by atoms with Gasteiger partial charge in [0, 0.05) is 24.5 Å². The van der Waals surface area contributed by atoms with Crippen LogP contribution in [0.15, 0.2) is 29.2 Å². The summed E-state index contributed by atoms with van der Waals surface area (Å²) in [5, 5.41) is 3.26. The molecule has 0 radical (unpaired) electrons. The first kappa shape index (κ1) is 24.6. The molecular weight excluding hydrogens is 476 g/mol. The van der Waals surface area contributed by atoms with Gasteiger partial charge in [0.15, 0.2) is 0 Å². The van der Waals surface area contributed by atoms with E-state index in [0.717, 1.165) is 30.0 Å². The van der Waals surface area contributed by atoms with E-state index in [-0.39, 0.29) is 11.4 Å². The SMILES string of the molecule is CCCN1CCc2c(sc(NC(=O)C3CCCN3S(=O)(=O)c3ccc(OC)cc3)c2C(N)=O)C1. The smallest absolute Gasteiger partial charge is 0.251 e. The molecule has 0 aliphatic carbocycles. The van der Waals surface area contributed by atoms with Gasteiger partial charge in [-0.05, 0) is 62.1 Å². The number of rotatable bonds is 8. The van der Waals surface area contributed by atoms with Crippen LogP contribution >= 0.6 is 11.3 Å². The van der Waals surface area contributed by atoms with Crippen molar-refractivity contribution in [3.05, 3.63) is 40.3 Å². The lowest BCUT2D eigenvalue weighted by molar-refractivity contribution is -0.119. The summed E-state index contributed by atoms with van der Waals surface area (Å²) in [5.41, 5.74) is 6.94. The third-order valence-corrected chi connectivity index (χ3v) is 9.39. The van der Waals surface area contributed by atoms with Crippen LogP contribution in [-0.4, -0.2) is 62.2 Å². The Hall–Kier alpha value is -2.47. The minimum Gasteiger partial charge on any atom is -0.497 e. The molecule has 1 saturated heterocycles. The number of ether oxygens (including phenoxy) is 1. The molecule has 4 rings (SSSR count). The molecule has 2 aromatic rings. The lowest BCUT2D eigenvalue weighted by atomic mass is 10.0. The van der Waals surface area contributed by atoms with Gasteiger partial charge in [-0.25, -0.2) is 8.42 Å². The van der Waals surface area contributed by atoms with Crippen LogP contribution in [0.4, 0.5) is 5.00 Å². The Balaban J connectivity index is 1.57. The molecule has 1 unspecified atom stereocenters. The van der Waals surface area contributed by atoms with Crippen LogP contribution < -0.4 is 15.8 Å². The predicted molar refractivity (Wildman–Crippen MR) is 131 cm³/mol. The predicted octanol–water partition coefficient (Wildman–Crippen LogP) is 2.42. The minimum absolute atomic E-state index is 0.105. The molecule has 1 fully saturated rings. The average Bonchev–Trinajstić information content (AvgIpc) is 3.44. The molecule has 184 valence electrons. The molecule has 1 aromatic heterocycles. The second kappa shape index (κ2) is 10.0. The third-order valence-electron chi connectivity index (χ3n) is 6.33. The third kappa shape index (κ3) is 4.70. The topological polar surface area (TPSA) is 122 Å². The highest BCUT2D eigenvalue weighted by Gasteiger charge is 2.40. The zero-order chi connectivity index (χ0) is 24.5. The molecule has 11 heteroatoms. The molecule has 0 spiro atoms. The van der Waals surface area contributed by atoms with Crippen molar-refractivity contribution >= 4 is 38.2 Å². The number of thiophene rings is 1. The highest BCUT2D eigenvalue weighted by molar-refractivity contribution is 7.89. The number of hydrogen-bond donors (Lipinski definition) is 2. The van der Waals surface area contributed by atoms with Crippen molar-refractivity contribution in [3.8, 4) is 5.75 Å². The summed E-state index contributed by atoms with van der Waals surface area (Å²) in [4.78, 5) is 29.0. The first-order chi connectivity index (χ1) is 16.3. The molecular formula is C23H30N4O5S2. The standard InChI is InChI=1S/C23H30N4O5S2/c1-3-11-26-13-10-17-19(14-26)33-23(20(17)21(24)28)25-22(29)18-5-4-12-27(18)34(30,31)16-8-6-15(32-2)7-9-16/h6-9,18H,3-5,10-14H2,1-2H3,(H2,24,28)(H,25,29). The summed E-state index contributed by atoms with van der Waals surface area (Å²) >= 11 is 1.36. The maximum atomic E-state index is 13.3. The number of nitrogens with two attached hydrogens (primary N) is 1. The molecule has 3 heterocycles. The van der Waals surface area contributed by atoms with E-state index in [4.69, 9.17) is 10.5 Å². The number of nitrogens with one attached hydrogen (secondary N) is 1. The average molecular weight is 507 g/mol. The van der Waals surface area contributed by atoms with Crippen molar-refractivity contribution in [3.63, 3.8) is 0 Å². The maximum Gasteiger partial charge on any atom is 0.251 e. The maximum absolute atomic E-state index is 13.3. The number of benzene rings is 1. The van der Waals surface area contributed by atoms with E-state index in [2.05, 4.69) is 17.1 Å². The zero-order valence-electron chi connectivity index (χ0n) is 19.4. The van der Waals surface area contributed by atoms with E-state index < -0.39 is 27.9 Å². The highest BCUT2D eigenvalue weighted by atomic mass is 32.2. The summed E-state index contributed by atoms with van der Waals surface area (Å²) in [5.74, 6) is -0.472. The van der Waals surface area contributed by atoms with Gasteiger partial charge in [-0.15, -0.1) is 11.3 Å². The van der Waals surface area contributed by atoms with Crippen LogP contribution in [0.2, 0.25) is 0 Å². The number of anilines is 1. The highest BCUT2D eigenvalue weighted by Crippen LogP contribution is 2.38. The van der Waals surface area contributed by atoms with Gasteiger partial charge in [0.2, 0.25) is 15.9 Å². The molecule has 0 saturated carbocycles. The van der Waals surface area contributed by atoms with E-state index in [1.54, 1.807) is 12.1 Å². The molecule has 1 atom stereocenters. The van der Waals surface area contributed by atoms with E-state index in [1.807, 2.05) is 0 Å². The van der Waals surface area contributed by atoms with Gasteiger partial charge in [-0.1, -0.05) is 6.92 Å². The van der Waals surface area contributed by atoms with Crippen LogP contribution in [0.5, 0.6) is 5.75 Å². The second-order valence-corrected chi connectivity index (χ2v) is 11.5. The Morgan fingerprint density at radius 3 is 2.62 bits per heavy atom. The molecule has 2 amide bonds. The molecule has 9 nitrogen and oxygen atoms in total. The molecule has 2 aliphatic rings. The van der Waals surface area contributed by atoms with Crippen LogP contribution in [-0.2, 0) is 27.8 Å². The molecule has 3 N–H and O–H groups in total. The van der Waals surface area contributed by atoms with Crippen molar-refractivity contribution in [1.29, 1.82) is 0 Å². The normalized spacial score (nSPS) is 19.1. The van der Waals surface area contributed by atoms with Crippen molar-refractivity contribution in [1.82, 2.24) is 9.21 Å². The van der Waals surface area contributed by atoms with Gasteiger partial charge in [-0.2, -0.15) is 4.31 Å². The number of primary amides is 1. The van der Waals surface area contributed by atoms with E-state index in [1.165, 1.54) is 34.9 Å². The minimum atomic E-state index is -3.87. The van der Waals surface area contributed by atoms with Gasteiger partial charge in [0.1, 0.15) is 16.8 Å². The molecule has 2 aliphatic heterocycles. The van der Waals surface area contributed by atoms with Crippen molar-refractivity contribution < 1.29 is 22.7 Å². The Morgan fingerprint density at radius 2 is 1.97 bits per heavy atom. The fraction of sp³-hybridized carbons (Fsp3) is 0.478. The van der Waals surface area contributed by atoms with Crippen LogP contribution in [0, 0.1) is 0 Å². The zero-order valence-corrected chi connectivity index (χ0v) is 21.0. The monoisotopic (exact) mass is 506 g/mol. The number of fused-ring (bicyclic) bond motifs is 1. The lowest BCUT2D eigenvalue weighted by Gasteiger charge is -2.26. The Kier molecular flexibility index (Phi) is 7.27. The van der Waals surface area contributed by atoms with Gasteiger partial charge in [0.05, 0.1) is 17.6 Å². The lowest BCUT2D eigenvalue weighted by Crippen LogP contribution is -2.43. The number of methoxy groups -OCH3 is 1. The van der Waals surface area contributed by atoms with Gasteiger partial charge < -0.3 is 15.8 Å². The fourth-order valence-electron chi connectivity index (χ4n) is 4.68. The summed E-state index contributed by atoms with van der Waals surface area (Å²) in [7, 11) is -2.36. The first-order valence-electron chi connectivity index (χ1n) is 11.4. The Bertz CT molecular complexity index is 1180. The Morgan fingerprint density at radius 1 is 1.24 bits per heavy atom. The van der Waals surface area contributed by atoms with E-state index in [9.17, 15) is 18.0 Å². The van der Waals surface area contributed by atoms with E-state index in [0.29, 0.717) is 42.1 Å². The Labute approximate surface area is 203 Å². The number of carbonyl (C=O) groups is 2. The summed E-state index contributed by atoms with van der Waals surface area (Å²) in [6.45, 7) is 4.89. The molecule has 1 aromatic carbocycles. The van der Waals surface area contributed by atoms with Gasteiger partial charge >= 0.3 is 0 Å². The van der Waals surface area contributed by atoms with Crippen molar-refractivity contribution in [2.45, 2.75) is 50.1 Å². The van der Waals surface area contributed by atoms with Crippen LogP contribution in [0.1, 0.15) is 47.0 Å². The summed E-state index contributed by atoms with van der Waals surface area (Å²) < 4.78 is 32.9. The number of carbonyl (C=O) groups excluding carboxylic acids is 2. The van der Waals surface area contributed by atoms with Crippen LogP contribution in [0.25, 0.3) is 0 Å². The van der Waals surface area contributed by atoms with Crippen LogP contribution in [0.3, 0.4) is 0 Å². The second-order valence-electron chi connectivity index (χ2n) is 8.54. The number of amides is 2. The van der Waals surface area contributed by atoms with Crippen molar-refractivity contribution in [2.75, 3.05) is 32.1 Å². The number of hydrogen-bond acceptors (Lipinski definition) is 7. The quantitative estimate of drug-likeness (QED) is 0.567. The van der Waals surface area contributed by atoms with Gasteiger partial charge in [-0.3, -0.25) is 14.5 Å². The number of nitrogens with zero attached hydrogens (tertiary/aromatic N) is 2. The summed E-state index contributed by atoms with van der Waals surface area (Å²) in [6.07, 6.45) is 2.71. The summed E-state index contributed by atoms with van der Waals surface area (Å²) in [6, 6.07) is 5.25. The fourth-order valence-corrected chi connectivity index (χ4v) is 7.64. The first-order valence-corrected chi connectivity index (χ1v) is 13.6. The van der Waals surface area contributed by atoms with Crippen molar-refractivity contribution in [2.24, 2.45) is 5.73 Å². The van der Waals surface area contributed by atoms with Gasteiger partial charge in [0.25, 0.3) is 5.91 Å². The number of sulfonamides is 1. The molecule has 34 heavy (non-hydrogen) atoms. The molecule has 0 bridgehead atoms. The largest absolute Gasteiger partial charge is 0.497 e.